The second kappa shape index (κ2) is 8.06. The largest absolute Gasteiger partial charge is 0.489 e. The van der Waals surface area contributed by atoms with Gasteiger partial charge in [-0.2, -0.15) is 10.2 Å². The van der Waals surface area contributed by atoms with Crippen molar-refractivity contribution in [2.45, 2.75) is 51.7 Å². The number of ether oxygens (including phenoxy) is 1. The van der Waals surface area contributed by atoms with Crippen molar-refractivity contribution in [1.82, 2.24) is 30.3 Å². The van der Waals surface area contributed by atoms with Crippen LogP contribution >= 0.6 is 0 Å². The van der Waals surface area contributed by atoms with Crippen LogP contribution in [0.1, 0.15) is 47.6 Å². The maximum Gasteiger partial charge on any atom is 0.269 e. The van der Waals surface area contributed by atoms with Crippen LogP contribution in [-0.2, 0) is 7.05 Å². The molecule has 0 radical (unpaired) electrons. The first kappa shape index (κ1) is 19.2. The predicted octanol–water partition coefficient (Wildman–Crippen LogP) is 2.94. The second-order valence-electron chi connectivity index (χ2n) is 7.59. The number of rotatable bonds is 5. The summed E-state index contributed by atoms with van der Waals surface area (Å²) in [7, 11) is 1.88. The molecule has 1 saturated carbocycles. The van der Waals surface area contributed by atoms with Crippen LogP contribution < -0.4 is 10.1 Å². The fourth-order valence-corrected chi connectivity index (χ4v) is 3.69. The first-order valence-electron chi connectivity index (χ1n) is 9.95. The zero-order valence-corrected chi connectivity index (χ0v) is 17.0. The minimum atomic E-state index is -0.127. The Hall–Kier alpha value is -3.16. The molecule has 1 aliphatic rings. The summed E-state index contributed by atoms with van der Waals surface area (Å²) in [5, 5.41) is 14.5. The quantitative estimate of drug-likeness (QED) is 0.693. The van der Waals surface area contributed by atoms with Gasteiger partial charge in [-0.25, -0.2) is 0 Å². The van der Waals surface area contributed by atoms with E-state index >= 15 is 0 Å². The number of aromatic amines is 1. The van der Waals surface area contributed by atoms with Crippen molar-refractivity contribution >= 4 is 5.91 Å². The molecular formula is C21H26N6O2. The van der Waals surface area contributed by atoms with E-state index in [2.05, 4.69) is 25.6 Å². The summed E-state index contributed by atoms with van der Waals surface area (Å²) < 4.78 is 7.88. The van der Waals surface area contributed by atoms with Crippen LogP contribution in [0.15, 0.2) is 30.6 Å². The summed E-state index contributed by atoms with van der Waals surface area (Å²) in [5.74, 6) is 0.716. The molecule has 0 spiro atoms. The number of nitrogens with one attached hydrogen (secondary N) is 2. The molecular weight excluding hydrogens is 368 g/mol. The highest BCUT2D eigenvalue weighted by Crippen LogP contribution is 2.26. The molecule has 0 aromatic carbocycles. The number of aromatic nitrogens is 5. The Kier molecular flexibility index (Phi) is 5.33. The second-order valence-corrected chi connectivity index (χ2v) is 7.59. The van der Waals surface area contributed by atoms with Gasteiger partial charge in [0.2, 0.25) is 0 Å². The Morgan fingerprint density at radius 3 is 2.76 bits per heavy atom. The first-order valence-corrected chi connectivity index (χ1v) is 9.95. The number of carbonyl (C=O) groups is 1. The molecule has 2 N–H and O–H groups in total. The van der Waals surface area contributed by atoms with Crippen molar-refractivity contribution in [2.75, 3.05) is 0 Å². The molecule has 3 heterocycles. The van der Waals surface area contributed by atoms with Crippen molar-refractivity contribution in [1.29, 1.82) is 0 Å². The van der Waals surface area contributed by atoms with E-state index in [4.69, 9.17) is 4.74 Å². The topological polar surface area (TPSA) is 97.7 Å². The molecule has 8 heteroatoms. The van der Waals surface area contributed by atoms with Gasteiger partial charge in [-0.15, -0.1) is 0 Å². The zero-order chi connectivity index (χ0) is 20.4. The van der Waals surface area contributed by atoms with E-state index in [9.17, 15) is 4.79 Å². The number of pyridine rings is 1. The highest BCUT2D eigenvalue weighted by atomic mass is 16.5. The SMILES string of the molecule is Cc1ncccc1OC1CCC(NC(=O)c2cc(-c3cnn(C)c3C)n[nH]2)CC1. The van der Waals surface area contributed by atoms with Crippen LogP contribution in [0.5, 0.6) is 5.75 Å². The normalized spacial score (nSPS) is 19.1. The molecule has 8 nitrogen and oxygen atoms in total. The average Bonchev–Trinajstić information content (AvgIpc) is 3.33. The summed E-state index contributed by atoms with van der Waals surface area (Å²) in [6, 6.07) is 5.76. The third-order valence-electron chi connectivity index (χ3n) is 5.60. The average molecular weight is 394 g/mol. The molecule has 0 aliphatic heterocycles. The Morgan fingerprint density at radius 1 is 1.28 bits per heavy atom. The predicted molar refractivity (Wildman–Crippen MR) is 109 cm³/mol. The van der Waals surface area contributed by atoms with Crippen LogP contribution in [0.25, 0.3) is 11.3 Å². The Bertz CT molecular complexity index is 1000. The van der Waals surface area contributed by atoms with Gasteiger partial charge in [-0.3, -0.25) is 19.6 Å². The molecule has 3 aromatic heterocycles. The third-order valence-corrected chi connectivity index (χ3v) is 5.60. The van der Waals surface area contributed by atoms with Crippen molar-refractivity contribution in [3.63, 3.8) is 0 Å². The monoisotopic (exact) mass is 394 g/mol. The zero-order valence-electron chi connectivity index (χ0n) is 17.0. The first-order chi connectivity index (χ1) is 14.0. The van der Waals surface area contributed by atoms with Gasteiger partial charge >= 0.3 is 0 Å². The van der Waals surface area contributed by atoms with Gasteiger partial charge in [0.05, 0.1) is 23.7 Å². The highest BCUT2D eigenvalue weighted by Gasteiger charge is 2.25. The lowest BCUT2D eigenvalue weighted by Crippen LogP contribution is -2.39. The molecule has 4 rings (SSSR count). The maximum absolute atomic E-state index is 12.6. The number of nitrogens with zero attached hydrogens (tertiary/aromatic N) is 4. The number of H-pyrrole nitrogens is 1. The standard InChI is InChI=1S/C21H26N6O2/c1-13-20(5-4-10-22-13)29-16-8-6-15(7-9-16)24-21(28)19-11-18(25-26-19)17-12-23-27(3)14(17)2/h4-5,10-12,15-16H,6-9H2,1-3H3,(H,24,28)(H,25,26). The summed E-state index contributed by atoms with van der Waals surface area (Å²) in [6.07, 6.45) is 7.28. The van der Waals surface area contributed by atoms with Crippen LogP contribution in [-0.4, -0.2) is 43.0 Å². The third kappa shape index (κ3) is 4.16. The molecule has 0 saturated heterocycles. The molecule has 1 fully saturated rings. The van der Waals surface area contributed by atoms with E-state index in [1.807, 2.05) is 33.0 Å². The highest BCUT2D eigenvalue weighted by molar-refractivity contribution is 5.93. The molecule has 29 heavy (non-hydrogen) atoms. The van der Waals surface area contributed by atoms with Crippen LogP contribution in [0.4, 0.5) is 0 Å². The molecule has 1 aliphatic carbocycles. The number of carbonyl (C=O) groups excluding carboxylic acids is 1. The molecule has 0 atom stereocenters. The molecule has 0 unspecified atom stereocenters. The minimum Gasteiger partial charge on any atom is -0.489 e. The van der Waals surface area contributed by atoms with Crippen molar-refractivity contribution in [3.05, 3.63) is 47.7 Å². The van der Waals surface area contributed by atoms with Crippen LogP contribution in [0.2, 0.25) is 0 Å². The van der Waals surface area contributed by atoms with Gasteiger partial charge in [0, 0.05) is 30.5 Å². The fraction of sp³-hybridized carbons (Fsp3) is 0.429. The van der Waals surface area contributed by atoms with Crippen molar-refractivity contribution in [2.24, 2.45) is 7.05 Å². The summed E-state index contributed by atoms with van der Waals surface area (Å²) in [4.78, 5) is 16.9. The van der Waals surface area contributed by atoms with E-state index in [1.54, 1.807) is 23.1 Å². The molecule has 0 bridgehead atoms. The van der Waals surface area contributed by atoms with E-state index in [-0.39, 0.29) is 18.1 Å². The van der Waals surface area contributed by atoms with Gasteiger partial charge in [0.1, 0.15) is 11.4 Å². The maximum atomic E-state index is 12.6. The van der Waals surface area contributed by atoms with Crippen molar-refractivity contribution in [3.8, 4) is 17.0 Å². The summed E-state index contributed by atoms with van der Waals surface area (Å²) >= 11 is 0. The van der Waals surface area contributed by atoms with E-state index in [0.717, 1.165) is 54.1 Å². The van der Waals surface area contributed by atoms with Crippen molar-refractivity contribution < 1.29 is 9.53 Å². The van der Waals surface area contributed by atoms with Gasteiger partial charge < -0.3 is 10.1 Å². The summed E-state index contributed by atoms with van der Waals surface area (Å²) in [6.45, 7) is 3.93. The van der Waals surface area contributed by atoms with E-state index in [0.29, 0.717) is 5.69 Å². The van der Waals surface area contributed by atoms with E-state index in [1.165, 1.54) is 0 Å². The van der Waals surface area contributed by atoms with Gasteiger partial charge in [0.15, 0.2) is 0 Å². The molecule has 1 amide bonds. The minimum absolute atomic E-state index is 0.127. The summed E-state index contributed by atoms with van der Waals surface area (Å²) in [5.41, 5.74) is 4.02. The van der Waals surface area contributed by atoms with Crippen LogP contribution in [0.3, 0.4) is 0 Å². The Balaban J connectivity index is 1.31. The lowest BCUT2D eigenvalue weighted by molar-refractivity contribution is 0.0888. The Morgan fingerprint density at radius 2 is 2.07 bits per heavy atom. The number of amides is 1. The Labute approximate surface area is 169 Å². The van der Waals surface area contributed by atoms with E-state index < -0.39 is 0 Å². The van der Waals surface area contributed by atoms with Gasteiger partial charge in [-0.1, -0.05) is 0 Å². The number of hydrogen-bond acceptors (Lipinski definition) is 5. The number of hydrogen-bond donors (Lipinski definition) is 2. The van der Waals surface area contributed by atoms with Gasteiger partial charge in [-0.05, 0) is 57.7 Å². The fourth-order valence-electron chi connectivity index (χ4n) is 3.69. The smallest absolute Gasteiger partial charge is 0.269 e. The lowest BCUT2D eigenvalue weighted by atomic mass is 9.92. The molecule has 3 aromatic rings. The molecule has 152 valence electrons. The lowest BCUT2D eigenvalue weighted by Gasteiger charge is -2.29. The van der Waals surface area contributed by atoms with Crippen LogP contribution in [0, 0.1) is 13.8 Å². The number of aryl methyl sites for hydroxylation is 2. The van der Waals surface area contributed by atoms with Gasteiger partial charge in [0.25, 0.3) is 5.91 Å².